The van der Waals surface area contributed by atoms with Crippen molar-refractivity contribution in [2.75, 3.05) is 18.0 Å². The fraction of sp³-hybridized carbons (Fsp3) is 0.273. The standard InChI is InChI=1S/C22H20BrN3O2/c1-25-20-13-15(23)7-8-18(20)21(19(14-24)22(25)27)26-11-9-17(10-12-26)28-16-5-3-2-4-6-16/h2-8,13,17H,9-12H2,1H3. The fourth-order valence-corrected chi connectivity index (χ4v) is 4.16. The molecular weight excluding hydrogens is 418 g/mol. The van der Waals surface area contributed by atoms with Gasteiger partial charge in [-0.2, -0.15) is 5.26 Å². The molecule has 2 aromatic carbocycles. The van der Waals surface area contributed by atoms with E-state index >= 15 is 0 Å². The molecule has 4 rings (SSSR count). The van der Waals surface area contributed by atoms with E-state index in [-0.39, 0.29) is 17.2 Å². The minimum absolute atomic E-state index is 0.135. The predicted octanol–water partition coefficient (Wildman–Crippen LogP) is 4.22. The molecule has 5 nitrogen and oxygen atoms in total. The molecule has 1 fully saturated rings. The van der Waals surface area contributed by atoms with E-state index in [1.807, 2.05) is 48.5 Å². The lowest BCUT2D eigenvalue weighted by Gasteiger charge is -2.35. The van der Waals surface area contributed by atoms with E-state index in [1.54, 1.807) is 11.6 Å². The lowest BCUT2D eigenvalue weighted by molar-refractivity contribution is 0.171. The summed E-state index contributed by atoms with van der Waals surface area (Å²) in [5, 5.41) is 10.6. The Morgan fingerprint density at radius 2 is 1.86 bits per heavy atom. The van der Waals surface area contributed by atoms with Gasteiger partial charge in [0.05, 0.1) is 11.2 Å². The van der Waals surface area contributed by atoms with Crippen LogP contribution in [0, 0.1) is 11.3 Å². The van der Waals surface area contributed by atoms with Crippen molar-refractivity contribution in [3.8, 4) is 11.8 Å². The number of halogens is 1. The summed E-state index contributed by atoms with van der Waals surface area (Å²) in [6.07, 6.45) is 1.82. The average Bonchev–Trinajstić information content (AvgIpc) is 2.72. The van der Waals surface area contributed by atoms with Crippen LogP contribution in [0.25, 0.3) is 10.9 Å². The zero-order chi connectivity index (χ0) is 19.7. The van der Waals surface area contributed by atoms with Gasteiger partial charge in [0.15, 0.2) is 0 Å². The minimum atomic E-state index is -0.259. The van der Waals surface area contributed by atoms with Gasteiger partial charge in [-0.15, -0.1) is 0 Å². The quantitative estimate of drug-likeness (QED) is 0.615. The normalized spacial score (nSPS) is 14.8. The number of rotatable bonds is 3. The number of anilines is 1. The molecule has 0 atom stereocenters. The van der Waals surface area contributed by atoms with Crippen molar-refractivity contribution in [1.29, 1.82) is 5.26 Å². The number of fused-ring (bicyclic) bond motifs is 1. The van der Waals surface area contributed by atoms with Crippen LogP contribution < -0.4 is 15.2 Å². The molecule has 1 saturated heterocycles. The van der Waals surface area contributed by atoms with Crippen LogP contribution in [-0.4, -0.2) is 23.8 Å². The average molecular weight is 438 g/mol. The van der Waals surface area contributed by atoms with Gasteiger partial charge in [-0.1, -0.05) is 34.1 Å². The number of aryl methyl sites for hydroxylation is 1. The van der Waals surface area contributed by atoms with Crippen molar-refractivity contribution < 1.29 is 4.74 Å². The van der Waals surface area contributed by atoms with Crippen LogP contribution in [0.4, 0.5) is 5.69 Å². The van der Waals surface area contributed by atoms with E-state index in [1.165, 1.54) is 0 Å². The summed E-state index contributed by atoms with van der Waals surface area (Å²) in [7, 11) is 1.71. The van der Waals surface area contributed by atoms with Gasteiger partial charge < -0.3 is 14.2 Å². The lowest BCUT2D eigenvalue weighted by atomic mass is 10.0. The van der Waals surface area contributed by atoms with Crippen molar-refractivity contribution in [3.05, 3.63) is 68.9 Å². The molecule has 142 valence electrons. The second-order valence-electron chi connectivity index (χ2n) is 6.98. The van der Waals surface area contributed by atoms with Gasteiger partial charge in [-0.3, -0.25) is 4.79 Å². The van der Waals surface area contributed by atoms with Gasteiger partial charge in [0.25, 0.3) is 5.56 Å². The molecule has 0 radical (unpaired) electrons. The van der Waals surface area contributed by atoms with E-state index in [0.29, 0.717) is 0 Å². The van der Waals surface area contributed by atoms with E-state index in [2.05, 4.69) is 26.9 Å². The summed E-state index contributed by atoms with van der Waals surface area (Å²) in [4.78, 5) is 14.9. The monoisotopic (exact) mass is 437 g/mol. The van der Waals surface area contributed by atoms with Gasteiger partial charge >= 0.3 is 0 Å². The predicted molar refractivity (Wildman–Crippen MR) is 114 cm³/mol. The first-order valence-corrected chi connectivity index (χ1v) is 10.1. The van der Waals surface area contributed by atoms with Crippen molar-refractivity contribution in [2.45, 2.75) is 18.9 Å². The SMILES string of the molecule is Cn1c(=O)c(C#N)c(N2CCC(Oc3ccccc3)CC2)c2ccc(Br)cc21. The second kappa shape index (κ2) is 7.69. The number of ether oxygens (including phenoxy) is 1. The molecule has 0 aliphatic carbocycles. The summed E-state index contributed by atoms with van der Waals surface area (Å²) in [6.45, 7) is 1.48. The van der Waals surface area contributed by atoms with Crippen LogP contribution >= 0.6 is 15.9 Å². The molecule has 0 N–H and O–H groups in total. The summed E-state index contributed by atoms with van der Waals surface area (Å²) in [5.41, 5.74) is 1.51. The van der Waals surface area contributed by atoms with Crippen LogP contribution in [0.2, 0.25) is 0 Å². The zero-order valence-electron chi connectivity index (χ0n) is 15.6. The number of piperidine rings is 1. The number of hydrogen-bond donors (Lipinski definition) is 0. The molecule has 3 aromatic rings. The Morgan fingerprint density at radius 1 is 1.14 bits per heavy atom. The molecule has 1 aliphatic heterocycles. The van der Waals surface area contributed by atoms with Crippen LogP contribution in [0.15, 0.2) is 57.8 Å². The number of nitrogens with zero attached hydrogens (tertiary/aromatic N) is 3. The Bertz CT molecular complexity index is 1110. The molecule has 2 heterocycles. The Balaban J connectivity index is 1.66. The number of pyridine rings is 1. The third-order valence-electron chi connectivity index (χ3n) is 5.25. The molecule has 0 amide bonds. The lowest BCUT2D eigenvalue weighted by Crippen LogP contribution is -2.40. The van der Waals surface area contributed by atoms with E-state index in [4.69, 9.17) is 4.74 Å². The molecular formula is C22H20BrN3O2. The Kier molecular flexibility index (Phi) is 5.10. The van der Waals surface area contributed by atoms with Crippen molar-refractivity contribution >= 4 is 32.5 Å². The summed E-state index contributed by atoms with van der Waals surface area (Å²) in [5.74, 6) is 0.877. The number of benzene rings is 2. The molecule has 0 unspecified atom stereocenters. The van der Waals surface area contributed by atoms with Crippen molar-refractivity contribution in [3.63, 3.8) is 0 Å². The Morgan fingerprint density at radius 3 is 2.54 bits per heavy atom. The molecule has 0 saturated carbocycles. The highest BCUT2D eigenvalue weighted by Gasteiger charge is 2.26. The summed E-state index contributed by atoms with van der Waals surface area (Å²) < 4.78 is 8.53. The molecule has 28 heavy (non-hydrogen) atoms. The summed E-state index contributed by atoms with van der Waals surface area (Å²) >= 11 is 3.48. The van der Waals surface area contributed by atoms with E-state index in [9.17, 15) is 10.1 Å². The van der Waals surface area contributed by atoms with Crippen LogP contribution in [0.1, 0.15) is 18.4 Å². The third-order valence-corrected chi connectivity index (χ3v) is 5.74. The van der Waals surface area contributed by atoms with Gasteiger partial charge in [-0.05, 0) is 30.3 Å². The largest absolute Gasteiger partial charge is 0.490 e. The summed E-state index contributed by atoms with van der Waals surface area (Å²) in [6, 6.07) is 17.8. The molecule has 6 heteroatoms. The van der Waals surface area contributed by atoms with Crippen LogP contribution in [-0.2, 0) is 7.05 Å². The molecule has 1 aliphatic rings. The maximum absolute atomic E-state index is 12.8. The maximum atomic E-state index is 12.8. The van der Waals surface area contributed by atoms with E-state index < -0.39 is 0 Å². The zero-order valence-corrected chi connectivity index (χ0v) is 17.1. The van der Waals surface area contributed by atoms with E-state index in [0.717, 1.165) is 52.7 Å². The second-order valence-corrected chi connectivity index (χ2v) is 7.89. The van der Waals surface area contributed by atoms with Crippen LogP contribution in [0.5, 0.6) is 5.75 Å². The Labute approximate surface area is 171 Å². The highest BCUT2D eigenvalue weighted by molar-refractivity contribution is 9.10. The van der Waals surface area contributed by atoms with Crippen molar-refractivity contribution in [1.82, 2.24) is 4.57 Å². The van der Waals surface area contributed by atoms with Gasteiger partial charge in [0, 0.05) is 42.8 Å². The highest BCUT2D eigenvalue weighted by Crippen LogP contribution is 2.32. The van der Waals surface area contributed by atoms with Crippen LogP contribution in [0.3, 0.4) is 0 Å². The molecule has 0 spiro atoms. The smallest absolute Gasteiger partial charge is 0.270 e. The van der Waals surface area contributed by atoms with Gasteiger partial charge in [0.1, 0.15) is 23.5 Å². The first kappa shape index (κ1) is 18.6. The Hall–Kier alpha value is -2.78. The first-order valence-electron chi connectivity index (χ1n) is 9.27. The number of nitriles is 1. The highest BCUT2D eigenvalue weighted by atomic mass is 79.9. The molecule has 1 aromatic heterocycles. The van der Waals surface area contributed by atoms with Crippen molar-refractivity contribution in [2.24, 2.45) is 7.05 Å². The number of aromatic nitrogens is 1. The van der Waals surface area contributed by atoms with Gasteiger partial charge in [0.2, 0.25) is 0 Å². The third kappa shape index (κ3) is 3.38. The number of hydrogen-bond acceptors (Lipinski definition) is 4. The van der Waals surface area contributed by atoms with Gasteiger partial charge in [-0.25, -0.2) is 0 Å². The fourth-order valence-electron chi connectivity index (χ4n) is 3.81. The maximum Gasteiger partial charge on any atom is 0.270 e. The topological polar surface area (TPSA) is 58.3 Å². The molecule has 0 bridgehead atoms. The number of para-hydroxylation sites is 1. The first-order chi connectivity index (χ1) is 13.6. The minimum Gasteiger partial charge on any atom is -0.490 e.